The molecule has 1 aromatic rings. The zero-order valence-corrected chi connectivity index (χ0v) is 9.94. The van der Waals surface area contributed by atoms with E-state index in [0.29, 0.717) is 11.1 Å². The molecule has 2 nitrogen and oxygen atoms in total. The molecule has 2 rings (SSSR count). The van der Waals surface area contributed by atoms with Crippen molar-refractivity contribution >= 4 is 11.6 Å². The SMILES string of the molecule is Cc1cc(C2(N)CCCC2)c(F)c(O)c1Cl. The fraction of sp³-hybridized carbons (Fsp3) is 0.500. The molecule has 0 amide bonds. The number of phenolic OH excluding ortho intramolecular Hbond substituents is 1. The minimum atomic E-state index is -0.667. The highest BCUT2D eigenvalue weighted by atomic mass is 35.5. The second-order valence-electron chi connectivity index (χ2n) is 4.58. The molecule has 0 radical (unpaired) electrons. The Hall–Kier alpha value is -0.800. The van der Waals surface area contributed by atoms with Crippen molar-refractivity contribution in [1.29, 1.82) is 0 Å². The lowest BCUT2D eigenvalue weighted by Gasteiger charge is -2.25. The van der Waals surface area contributed by atoms with E-state index in [9.17, 15) is 9.50 Å². The summed E-state index contributed by atoms with van der Waals surface area (Å²) in [5.74, 6) is -1.15. The molecule has 0 heterocycles. The first-order valence-corrected chi connectivity index (χ1v) is 5.80. The van der Waals surface area contributed by atoms with Crippen molar-refractivity contribution in [3.8, 4) is 5.75 Å². The zero-order valence-electron chi connectivity index (χ0n) is 9.19. The largest absolute Gasteiger partial charge is 0.504 e. The minimum absolute atomic E-state index is 0.0721. The number of halogens is 2. The van der Waals surface area contributed by atoms with Gasteiger partial charge in [0.1, 0.15) is 0 Å². The van der Waals surface area contributed by atoms with Gasteiger partial charge in [0.15, 0.2) is 11.6 Å². The topological polar surface area (TPSA) is 46.2 Å². The van der Waals surface area contributed by atoms with E-state index in [1.54, 1.807) is 13.0 Å². The van der Waals surface area contributed by atoms with Crippen LogP contribution >= 0.6 is 11.6 Å². The predicted molar refractivity (Wildman–Crippen MR) is 62.1 cm³/mol. The van der Waals surface area contributed by atoms with E-state index in [2.05, 4.69) is 0 Å². The highest BCUT2D eigenvalue weighted by molar-refractivity contribution is 6.32. The third-order valence-electron chi connectivity index (χ3n) is 3.39. The maximum atomic E-state index is 13.9. The summed E-state index contributed by atoms with van der Waals surface area (Å²) >= 11 is 5.78. The van der Waals surface area contributed by atoms with Crippen molar-refractivity contribution < 1.29 is 9.50 Å². The van der Waals surface area contributed by atoms with Crippen LogP contribution in [0.3, 0.4) is 0 Å². The van der Waals surface area contributed by atoms with Crippen LogP contribution in [0.5, 0.6) is 5.75 Å². The fourth-order valence-electron chi connectivity index (χ4n) is 2.39. The molecule has 1 saturated carbocycles. The first-order chi connectivity index (χ1) is 7.46. The quantitative estimate of drug-likeness (QED) is 0.796. The molecule has 1 aliphatic rings. The van der Waals surface area contributed by atoms with Crippen LogP contribution < -0.4 is 5.73 Å². The zero-order chi connectivity index (χ0) is 11.9. The third kappa shape index (κ3) is 1.68. The Balaban J connectivity index is 2.57. The van der Waals surface area contributed by atoms with Crippen LogP contribution in [0.1, 0.15) is 36.8 Å². The van der Waals surface area contributed by atoms with Gasteiger partial charge in [-0.05, 0) is 31.4 Å². The molecule has 0 bridgehead atoms. The lowest BCUT2D eigenvalue weighted by atomic mass is 9.88. The summed E-state index contributed by atoms with van der Waals surface area (Å²) in [5.41, 5.74) is 6.59. The van der Waals surface area contributed by atoms with Gasteiger partial charge in [-0.2, -0.15) is 0 Å². The van der Waals surface area contributed by atoms with Crippen LogP contribution in [0.2, 0.25) is 5.02 Å². The van der Waals surface area contributed by atoms with Crippen LogP contribution in [0.15, 0.2) is 6.07 Å². The summed E-state index contributed by atoms with van der Waals surface area (Å²) in [6, 6.07) is 1.66. The first-order valence-electron chi connectivity index (χ1n) is 5.42. The van der Waals surface area contributed by atoms with E-state index in [1.807, 2.05) is 0 Å². The summed E-state index contributed by atoms with van der Waals surface area (Å²) in [5, 5.41) is 9.65. The van der Waals surface area contributed by atoms with Gasteiger partial charge in [0.25, 0.3) is 0 Å². The number of rotatable bonds is 1. The Morgan fingerprint density at radius 3 is 2.56 bits per heavy atom. The van der Waals surface area contributed by atoms with Crippen molar-refractivity contribution in [2.75, 3.05) is 0 Å². The van der Waals surface area contributed by atoms with Gasteiger partial charge in [-0.1, -0.05) is 24.4 Å². The smallest absolute Gasteiger partial charge is 0.171 e. The molecule has 1 aliphatic carbocycles. The van der Waals surface area contributed by atoms with E-state index < -0.39 is 17.1 Å². The summed E-state index contributed by atoms with van der Waals surface area (Å²) in [6.45, 7) is 1.74. The van der Waals surface area contributed by atoms with Gasteiger partial charge in [-0.3, -0.25) is 0 Å². The molecule has 4 heteroatoms. The number of benzene rings is 1. The first kappa shape index (κ1) is 11.7. The molecule has 3 N–H and O–H groups in total. The van der Waals surface area contributed by atoms with Crippen LogP contribution in [-0.2, 0) is 5.54 Å². The number of aromatic hydroxyl groups is 1. The van der Waals surface area contributed by atoms with Crippen molar-refractivity contribution in [1.82, 2.24) is 0 Å². The molecular formula is C12H15ClFNO. The molecule has 0 atom stereocenters. The monoisotopic (exact) mass is 243 g/mol. The number of phenols is 1. The van der Waals surface area contributed by atoms with Gasteiger partial charge in [0.05, 0.1) is 5.02 Å². The molecule has 0 saturated heterocycles. The lowest BCUT2D eigenvalue weighted by molar-refractivity contribution is 0.394. The molecule has 0 aromatic heterocycles. The van der Waals surface area contributed by atoms with Crippen molar-refractivity contribution in [3.63, 3.8) is 0 Å². The second kappa shape index (κ2) is 3.90. The van der Waals surface area contributed by atoms with Crippen LogP contribution in [0.25, 0.3) is 0 Å². The fourth-order valence-corrected chi connectivity index (χ4v) is 2.53. The van der Waals surface area contributed by atoms with Gasteiger partial charge < -0.3 is 10.8 Å². The van der Waals surface area contributed by atoms with Crippen LogP contribution in [-0.4, -0.2) is 5.11 Å². The molecule has 0 aliphatic heterocycles. The summed E-state index contributed by atoms with van der Waals surface area (Å²) < 4.78 is 13.9. The summed E-state index contributed by atoms with van der Waals surface area (Å²) in [7, 11) is 0. The number of aryl methyl sites for hydroxylation is 1. The normalized spacial score (nSPS) is 19.0. The molecule has 1 aromatic carbocycles. The molecular weight excluding hydrogens is 229 g/mol. The van der Waals surface area contributed by atoms with Gasteiger partial charge in [-0.15, -0.1) is 0 Å². The third-order valence-corrected chi connectivity index (χ3v) is 3.87. The second-order valence-corrected chi connectivity index (χ2v) is 4.96. The molecule has 88 valence electrons. The number of nitrogens with two attached hydrogens (primary N) is 1. The van der Waals surface area contributed by atoms with Crippen molar-refractivity contribution in [3.05, 3.63) is 28.0 Å². The van der Waals surface area contributed by atoms with Gasteiger partial charge in [0, 0.05) is 11.1 Å². The highest BCUT2D eigenvalue weighted by Gasteiger charge is 2.35. The summed E-state index contributed by atoms with van der Waals surface area (Å²) in [6.07, 6.45) is 3.51. The van der Waals surface area contributed by atoms with E-state index in [4.69, 9.17) is 17.3 Å². The summed E-state index contributed by atoms with van der Waals surface area (Å²) in [4.78, 5) is 0. The van der Waals surface area contributed by atoms with Crippen molar-refractivity contribution in [2.24, 2.45) is 5.73 Å². The van der Waals surface area contributed by atoms with Crippen molar-refractivity contribution in [2.45, 2.75) is 38.1 Å². The Morgan fingerprint density at radius 2 is 2.00 bits per heavy atom. The van der Waals surface area contributed by atoms with Gasteiger partial charge in [-0.25, -0.2) is 4.39 Å². The molecule has 16 heavy (non-hydrogen) atoms. The Bertz CT molecular complexity index is 428. The number of hydrogen-bond donors (Lipinski definition) is 2. The predicted octanol–water partition coefficient (Wildman–Crippen LogP) is 3.22. The van der Waals surface area contributed by atoms with Gasteiger partial charge >= 0.3 is 0 Å². The molecule has 1 fully saturated rings. The average Bonchev–Trinajstić information content (AvgIpc) is 2.68. The maximum Gasteiger partial charge on any atom is 0.171 e. The maximum absolute atomic E-state index is 13.9. The van der Waals surface area contributed by atoms with Gasteiger partial charge in [0.2, 0.25) is 0 Å². The molecule has 0 unspecified atom stereocenters. The Labute approximate surface area is 99.2 Å². The van der Waals surface area contributed by atoms with E-state index in [1.165, 1.54) is 0 Å². The standard InChI is InChI=1S/C12H15ClFNO/c1-7-6-8(10(14)11(16)9(7)13)12(15)4-2-3-5-12/h6,16H,2-5,15H2,1H3. The minimum Gasteiger partial charge on any atom is -0.504 e. The van der Waals surface area contributed by atoms with Crippen LogP contribution in [0.4, 0.5) is 4.39 Å². The Kier molecular flexibility index (Phi) is 2.84. The van der Waals surface area contributed by atoms with Crippen LogP contribution in [0, 0.1) is 12.7 Å². The highest BCUT2D eigenvalue weighted by Crippen LogP contribution is 2.42. The van der Waals surface area contributed by atoms with E-state index in [0.717, 1.165) is 25.7 Å². The number of hydrogen-bond acceptors (Lipinski definition) is 2. The Morgan fingerprint density at radius 1 is 1.44 bits per heavy atom. The lowest BCUT2D eigenvalue weighted by Crippen LogP contribution is -2.34. The van der Waals surface area contributed by atoms with E-state index >= 15 is 0 Å². The molecule has 0 spiro atoms. The van der Waals surface area contributed by atoms with E-state index in [-0.39, 0.29) is 5.02 Å². The average molecular weight is 244 g/mol.